The maximum Gasteiger partial charge on any atom is 0.243 e. The number of carbonyl (C=O) groups excluding carboxylic acids is 5. The highest BCUT2D eigenvalue weighted by Crippen LogP contribution is 2.09. The Balaban J connectivity index is 4.99. The van der Waals surface area contributed by atoms with Crippen molar-refractivity contribution in [3.63, 3.8) is 0 Å². The molecule has 0 aromatic rings. The van der Waals surface area contributed by atoms with E-state index in [1.54, 1.807) is 20.9 Å². The molecule has 0 aliphatic rings. The van der Waals surface area contributed by atoms with E-state index < -0.39 is 29.9 Å². The van der Waals surface area contributed by atoms with Crippen LogP contribution in [0.1, 0.15) is 74.1 Å². The number of rotatable bonds is 17. The molecule has 35 heavy (non-hydrogen) atoms. The molecule has 0 spiro atoms. The number of amides is 4. The molecule has 0 rings (SSSR count). The van der Waals surface area contributed by atoms with Crippen molar-refractivity contribution >= 4 is 29.4 Å². The summed E-state index contributed by atoms with van der Waals surface area (Å²) in [5.74, 6) is -1.43. The molecule has 3 atom stereocenters. The predicted molar refractivity (Wildman–Crippen MR) is 136 cm³/mol. The van der Waals surface area contributed by atoms with Gasteiger partial charge in [-0.3, -0.25) is 24.0 Å². The molecule has 0 heterocycles. The smallest absolute Gasteiger partial charge is 0.243 e. The normalized spacial score (nSPS) is 13.8. The third-order valence-corrected chi connectivity index (χ3v) is 5.56. The third kappa shape index (κ3) is 13.9. The van der Waals surface area contributed by atoms with Gasteiger partial charge in [-0.2, -0.15) is 0 Å². The van der Waals surface area contributed by atoms with Crippen LogP contribution < -0.4 is 26.6 Å². The molecule has 0 radical (unpaired) electrons. The van der Waals surface area contributed by atoms with Gasteiger partial charge < -0.3 is 26.6 Å². The van der Waals surface area contributed by atoms with Gasteiger partial charge in [0.15, 0.2) is 5.78 Å². The summed E-state index contributed by atoms with van der Waals surface area (Å²) < 4.78 is 0. The molecular weight excluding hydrogens is 450 g/mol. The van der Waals surface area contributed by atoms with Crippen molar-refractivity contribution in [3.8, 4) is 0 Å². The van der Waals surface area contributed by atoms with Crippen molar-refractivity contribution in [2.75, 3.05) is 20.1 Å². The second-order valence-electron chi connectivity index (χ2n) is 10.1. The van der Waals surface area contributed by atoms with Crippen LogP contribution in [0.5, 0.6) is 0 Å². The Morgan fingerprint density at radius 1 is 0.771 bits per heavy atom. The maximum absolute atomic E-state index is 12.8. The van der Waals surface area contributed by atoms with Crippen molar-refractivity contribution in [2.24, 2.45) is 17.8 Å². The summed E-state index contributed by atoms with van der Waals surface area (Å²) in [6.07, 6.45) is 2.22. The molecule has 3 unspecified atom stereocenters. The SMILES string of the molecule is CNC(C(=O)NC(CC(C)C)C(=O)NCC(=O)NC(CCCCNC(C)=O)C(=O)C(C)C)C(C)C. The van der Waals surface area contributed by atoms with Crippen LogP contribution in [-0.4, -0.2) is 67.7 Å². The largest absolute Gasteiger partial charge is 0.356 e. The fraction of sp³-hybridized carbons (Fsp3) is 0.800. The number of carbonyl (C=O) groups is 5. The molecule has 0 bridgehead atoms. The Kier molecular flexibility index (Phi) is 15.8. The zero-order valence-electron chi connectivity index (χ0n) is 22.7. The van der Waals surface area contributed by atoms with Crippen molar-refractivity contribution in [1.29, 1.82) is 0 Å². The van der Waals surface area contributed by atoms with E-state index in [4.69, 9.17) is 0 Å². The zero-order chi connectivity index (χ0) is 27.1. The highest BCUT2D eigenvalue weighted by Gasteiger charge is 2.28. The lowest BCUT2D eigenvalue weighted by molar-refractivity contribution is -0.132. The first-order valence-corrected chi connectivity index (χ1v) is 12.6. The topological polar surface area (TPSA) is 146 Å². The van der Waals surface area contributed by atoms with Gasteiger partial charge in [-0.25, -0.2) is 0 Å². The Morgan fingerprint density at radius 2 is 1.40 bits per heavy atom. The summed E-state index contributed by atoms with van der Waals surface area (Å²) in [7, 11) is 1.70. The van der Waals surface area contributed by atoms with Gasteiger partial charge in [-0.15, -0.1) is 0 Å². The van der Waals surface area contributed by atoms with Crippen LogP contribution in [0.25, 0.3) is 0 Å². The highest BCUT2D eigenvalue weighted by molar-refractivity contribution is 5.94. The Labute approximate surface area is 210 Å². The van der Waals surface area contributed by atoms with E-state index >= 15 is 0 Å². The van der Waals surface area contributed by atoms with E-state index in [2.05, 4.69) is 26.6 Å². The molecule has 10 nitrogen and oxygen atoms in total. The zero-order valence-corrected chi connectivity index (χ0v) is 22.7. The van der Waals surface area contributed by atoms with E-state index in [-0.39, 0.29) is 41.9 Å². The van der Waals surface area contributed by atoms with Crippen LogP contribution >= 0.6 is 0 Å². The van der Waals surface area contributed by atoms with Gasteiger partial charge in [-0.1, -0.05) is 41.5 Å². The lowest BCUT2D eigenvalue weighted by atomic mass is 9.97. The lowest BCUT2D eigenvalue weighted by Gasteiger charge is -2.25. The number of likely N-dealkylation sites (N-methyl/N-ethyl adjacent to an activating group) is 1. The number of hydrogen-bond donors (Lipinski definition) is 5. The first kappa shape index (κ1) is 32.5. The molecule has 0 saturated heterocycles. The number of unbranched alkanes of at least 4 members (excludes halogenated alkanes) is 1. The molecule has 10 heteroatoms. The molecule has 4 amide bonds. The molecular formula is C25H47N5O5. The number of hydrogen-bond acceptors (Lipinski definition) is 6. The first-order valence-electron chi connectivity index (χ1n) is 12.6. The van der Waals surface area contributed by atoms with Crippen molar-refractivity contribution in [3.05, 3.63) is 0 Å². The summed E-state index contributed by atoms with van der Waals surface area (Å²) >= 11 is 0. The van der Waals surface area contributed by atoms with Crippen molar-refractivity contribution in [2.45, 2.75) is 92.3 Å². The molecule has 0 aromatic heterocycles. The van der Waals surface area contributed by atoms with E-state index in [1.165, 1.54) is 6.92 Å². The average molecular weight is 498 g/mol. The third-order valence-electron chi connectivity index (χ3n) is 5.56. The Bertz CT molecular complexity index is 708. The van der Waals surface area contributed by atoms with Gasteiger partial charge in [0.2, 0.25) is 23.6 Å². The number of ketones is 1. The fourth-order valence-electron chi connectivity index (χ4n) is 3.69. The minimum Gasteiger partial charge on any atom is -0.356 e. The summed E-state index contributed by atoms with van der Waals surface area (Å²) in [4.78, 5) is 61.5. The minimum absolute atomic E-state index is 0.0437. The van der Waals surface area contributed by atoms with E-state index in [9.17, 15) is 24.0 Å². The molecule has 0 aromatic carbocycles. The summed E-state index contributed by atoms with van der Waals surface area (Å²) in [5.41, 5.74) is 0. The average Bonchev–Trinajstić information content (AvgIpc) is 2.74. The van der Waals surface area contributed by atoms with Gasteiger partial charge >= 0.3 is 0 Å². The molecule has 0 saturated carbocycles. The highest BCUT2D eigenvalue weighted by atomic mass is 16.2. The van der Waals surface area contributed by atoms with Crippen LogP contribution in [0.15, 0.2) is 0 Å². The fourth-order valence-corrected chi connectivity index (χ4v) is 3.69. The van der Waals surface area contributed by atoms with Crippen molar-refractivity contribution < 1.29 is 24.0 Å². The minimum atomic E-state index is -0.772. The molecule has 0 aliphatic carbocycles. The number of Topliss-reactive ketones (excluding diaryl/α,β-unsaturated/α-hetero) is 1. The summed E-state index contributed by atoms with van der Waals surface area (Å²) in [5, 5.41) is 13.8. The van der Waals surface area contributed by atoms with Gasteiger partial charge in [0, 0.05) is 19.4 Å². The number of nitrogens with one attached hydrogen (secondary N) is 5. The van der Waals surface area contributed by atoms with Crippen molar-refractivity contribution in [1.82, 2.24) is 26.6 Å². The van der Waals surface area contributed by atoms with Gasteiger partial charge in [0.05, 0.1) is 18.6 Å². The van der Waals surface area contributed by atoms with Crippen LogP contribution in [0.4, 0.5) is 0 Å². The van der Waals surface area contributed by atoms with Gasteiger partial charge in [-0.05, 0) is 44.6 Å². The van der Waals surface area contributed by atoms with E-state index in [0.29, 0.717) is 32.2 Å². The summed E-state index contributed by atoms with van der Waals surface area (Å²) in [6.45, 7) is 12.9. The van der Waals surface area contributed by atoms with Gasteiger partial charge in [0.1, 0.15) is 6.04 Å². The van der Waals surface area contributed by atoms with Gasteiger partial charge in [0.25, 0.3) is 0 Å². The standard InChI is InChI=1S/C25H47N5O5/c1-15(2)13-20(30-25(35)22(26-8)16(3)4)24(34)28-14-21(32)29-19(23(33)17(5)6)11-9-10-12-27-18(7)31/h15-17,19-20,22,26H,9-14H2,1-8H3,(H,27,31)(H,28,34)(H,29,32)(H,30,35). The maximum atomic E-state index is 12.8. The molecule has 0 fully saturated rings. The Morgan fingerprint density at radius 3 is 1.89 bits per heavy atom. The molecule has 5 N–H and O–H groups in total. The lowest BCUT2D eigenvalue weighted by Crippen LogP contribution is -2.55. The Hall–Kier alpha value is -2.49. The predicted octanol–water partition coefficient (Wildman–Crippen LogP) is 0.894. The first-order chi connectivity index (χ1) is 16.3. The second kappa shape index (κ2) is 17.0. The van der Waals surface area contributed by atoms with Crippen LogP contribution in [0.2, 0.25) is 0 Å². The van der Waals surface area contributed by atoms with Crippen LogP contribution in [0, 0.1) is 17.8 Å². The second-order valence-corrected chi connectivity index (χ2v) is 10.1. The molecule has 202 valence electrons. The van der Waals surface area contributed by atoms with E-state index in [1.807, 2.05) is 27.7 Å². The van der Waals surface area contributed by atoms with E-state index in [0.717, 1.165) is 0 Å². The monoisotopic (exact) mass is 497 g/mol. The van der Waals surface area contributed by atoms with Crippen LogP contribution in [-0.2, 0) is 24.0 Å². The summed E-state index contributed by atoms with van der Waals surface area (Å²) in [6, 6.07) is -1.87. The van der Waals surface area contributed by atoms with Crippen LogP contribution in [0.3, 0.4) is 0 Å². The quantitative estimate of drug-likeness (QED) is 0.189. The molecule has 0 aliphatic heterocycles.